The zero-order valence-corrected chi connectivity index (χ0v) is 11.6. The van der Waals surface area contributed by atoms with Gasteiger partial charge in [0, 0.05) is 12.0 Å². The minimum atomic E-state index is -0.0879. The van der Waals surface area contributed by atoms with E-state index in [-0.39, 0.29) is 17.9 Å². The molecule has 0 unspecified atom stereocenters. The van der Waals surface area contributed by atoms with Crippen molar-refractivity contribution in [3.63, 3.8) is 0 Å². The van der Waals surface area contributed by atoms with Crippen LogP contribution >= 0.6 is 0 Å². The Hall–Kier alpha value is -1.55. The van der Waals surface area contributed by atoms with Gasteiger partial charge in [-0.3, -0.25) is 4.79 Å². The molecule has 1 aromatic rings. The fourth-order valence-corrected chi connectivity index (χ4v) is 1.92. The molecule has 0 saturated carbocycles. The monoisotopic (exact) mass is 263 g/mol. The van der Waals surface area contributed by atoms with Gasteiger partial charge in [-0.05, 0) is 24.1 Å². The molecule has 1 aromatic carbocycles. The Morgan fingerprint density at radius 3 is 2.89 bits per heavy atom. The average Bonchev–Trinajstić information content (AvgIpc) is 2.41. The van der Waals surface area contributed by atoms with Crippen molar-refractivity contribution in [2.45, 2.75) is 20.3 Å². The van der Waals surface area contributed by atoms with Gasteiger partial charge in [-0.15, -0.1) is 0 Å². The van der Waals surface area contributed by atoms with E-state index >= 15 is 0 Å². The number of aryl methyl sites for hydroxylation is 1. The van der Waals surface area contributed by atoms with Crippen LogP contribution in [0, 0.1) is 5.41 Å². The van der Waals surface area contributed by atoms with Gasteiger partial charge in [0.1, 0.15) is 5.75 Å². The zero-order valence-electron chi connectivity index (χ0n) is 11.6. The highest BCUT2D eigenvalue weighted by atomic mass is 16.5. The third-order valence-corrected chi connectivity index (χ3v) is 3.29. The highest BCUT2D eigenvalue weighted by molar-refractivity contribution is 5.77. The molecule has 0 spiro atoms. The summed E-state index contributed by atoms with van der Waals surface area (Å²) < 4.78 is 10.6. The first-order chi connectivity index (χ1) is 9.11. The third kappa shape index (κ3) is 3.96. The van der Waals surface area contributed by atoms with Gasteiger partial charge in [0.25, 0.3) is 5.91 Å². The number of carbonyl (C=O) groups is 1. The maximum Gasteiger partial charge on any atom is 0.257 e. The molecule has 1 aliphatic heterocycles. The zero-order chi connectivity index (χ0) is 13.7. The first-order valence-corrected chi connectivity index (χ1v) is 6.67. The van der Waals surface area contributed by atoms with Crippen LogP contribution in [0.5, 0.6) is 5.75 Å². The van der Waals surface area contributed by atoms with Crippen molar-refractivity contribution < 1.29 is 14.3 Å². The van der Waals surface area contributed by atoms with Crippen LogP contribution in [0.1, 0.15) is 19.4 Å². The third-order valence-electron chi connectivity index (χ3n) is 3.29. The second-order valence-electron chi connectivity index (χ2n) is 5.37. The Kier molecular flexibility index (Phi) is 4.43. The van der Waals surface area contributed by atoms with E-state index in [0.29, 0.717) is 19.8 Å². The van der Waals surface area contributed by atoms with E-state index in [1.54, 1.807) is 0 Å². The molecule has 19 heavy (non-hydrogen) atoms. The van der Waals surface area contributed by atoms with Crippen LogP contribution in [0.3, 0.4) is 0 Å². The van der Waals surface area contributed by atoms with Gasteiger partial charge in [-0.2, -0.15) is 0 Å². The Balaban J connectivity index is 1.73. The van der Waals surface area contributed by atoms with Gasteiger partial charge in [-0.25, -0.2) is 0 Å². The van der Waals surface area contributed by atoms with E-state index in [1.165, 1.54) is 5.56 Å². The lowest BCUT2D eigenvalue weighted by molar-refractivity contribution is -0.128. The predicted molar refractivity (Wildman–Crippen MR) is 73.3 cm³/mol. The summed E-state index contributed by atoms with van der Waals surface area (Å²) in [4.78, 5) is 11.7. The maximum absolute atomic E-state index is 11.7. The molecule has 1 amide bonds. The lowest BCUT2D eigenvalue weighted by atomic mass is 9.89. The van der Waals surface area contributed by atoms with E-state index < -0.39 is 0 Å². The summed E-state index contributed by atoms with van der Waals surface area (Å²) in [6.07, 6.45) is 0.960. The first kappa shape index (κ1) is 13.9. The molecule has 1 saturated heterocycles. The number of rotatable bonds is 6. The summed E-state index contributed by atoms with van der Waals surface area (Å²) in [6, 6.07) is 7.82. The molecule has 0 radical (unpaired) electrons. The van der Waals surface area contributed by atoms with Crippen LogP contribution in [0.4, 0.5) is 0 Å². The lowest BCUT2D eigenvalue weighted by Crippen LogP contribution is -2.49. The second-order valence-corrected chi connectivity index (χ2v) is 5.37. The molecule has 104 valence electrons. The van der Waals surface area contributed by atoms with Gasteiger partial charge in [0.15, 0.2) is 6.61 Å². The van der Waals surface area contributed by atoms with Crippen LogP contribution in [0.25, 0.3) is 0 Å². The normalized spacial score (nSPS) is 16.5. The molecule has 0 aromatic heterocycles. The molecule has 0 bridgehead atoms. The van der Waals surface area contributed by atoms with E-state index in [0.717, 1.165) is 12.2 Å². The number of carbonyl (C=O) groups excluding carboxylic acids is 1. The van der Waals surface area contributed by atoms with Gasteiger partial charge in [0.05, 0.1) is 13.2 Å². The topological polar surface area (TPSA) is 47.6 Å². The van der Waals surface area contributed by atoms with Crippen LogP contribution in [-0.4, -0.2) is 32.3 Å². The molecule has 4 heteroatoms. The summed E-state index contributed by atoms with van der Waals surface area (Å²) in [5, 5.41) is 2.88. The fourth-order valence-electron chi connectivity index (χ4n) is 1.92. The fraction of sp³-hybridized carbons (Fsp3) is 0.533. The molecule has 1 heterocycles. The number of hydrogen-bond acceptors (Lipinski definition) is 3. The van der Waals surface area contributed by atoms with Gasteiger partial charge in [-0.1, -0.05) is 26.0 Å². The Bertz CT molecular complexity index is 441. The van der Waals surface area contributed by atoms with E-state index in [4.69, 9.17) is 9.47 Å². The minimum Gasteiger partial charge on any atom is -0.484 e. The van der Waals surface area contributed by atoms with Gasteiger partial charge < -0.3 is 14.8 Å². The second kappa shape index (κ2) is 6.06. The smallest absolute Gasteiger partial charge is 0.257 e. The molecule has 0 atom stereocenters. The molecule has 0 aliphatic carbocycles. The predicted octanol–water partition coefficient (Wildman–Crippen LogP) is 1.78. The molecule has 2 rings (SSSR count). The van der Waals surface area contributed by atoms with E-state index in [1.807, 2.05) is 24.3 Å². The SMILES string of the molecule is CCc1cccc(OCC(=O)NCC2(C)COC2)c1. The van der Waals surface area contributed by atoms with Crippen molar-refractivity contribution in [2.24, 2.45) is 5.41 Å². The Labute approximate surface area is 114 Å². The van der Waals surface area contributed by atoms with Crippen LogP contribution in [0.15, 0.2) is 24.3 Å². The highest BCUT2D eigenvalue weighted by Crippen LogP contribution is 2.24. The molecule has 1 N–H and O–H groups in total. The average molecular weight is 263 g/mol. The summed E-state index contributed by atoms with van der Waals surface area (Å²) in [6.45, 7) is 6.32. The van der Waals surface area contributed by atoms with Crippen LogP contribution < -0.4 is 10.1 Å². The standard InChI is InChI=1S/C15H21NO3/c1-3-12-5-4-6-13(7-12)19-8-14(17)16-9-15(2)10-18-11-15/h4-7H,3,8-11H2,1-2H3,(H,16,17). The largest absolute Gasteiger partial charge is 0.484 e. The summed E-state index contributed by atoms with van der Waals surface area (Å²) >= 11 is 0. The summed E-state index contributed by atoms with van der Waals surface area (Å²) in [5.74, 6) is 0.655. The van der Waals surface area contributed by atoms with E-state index in [2.05, 4.69) is 19.2 Å². The van der Waals surface area contributed by atoms with Gasteiger partial charge >= 0.3 is 0 Å². The van der Waals surface area contributed by atoms with Crippen LogP contribution in [0.2, 0.25) is 0 Å². The van der Waals surface area contributed by atoms with Crippen molar-refractivity contribution in [3.8, 4) is 5.75 Å². The van der Waals surface area contributed by atoms with Crippen molar-refractivity contribution >= 4 is 5.91 Å². The molecule has 1 fully saturated rings. The number of hydrogen-bond donors (Lipinski definition) is 1. The molecular weight excluding hydrogens is 242 g/mol. The number of ether oxygens (including phenoxy) is 2. The summed E-state index contributed by atoms with van der Waals surface area (Å²) in [7, 11) is 0. The number of nitrogens with one attached hydrogen (secondary N) is 1. The molecular formula is C15H21NO3. The van der Waals surface area contributed by atoms with Crippen molar-refractivity contribution in [3.05, 3.63) is 29.8 Å². The van der Waals surface area contributed by atoms with Crippen molar-refractivity contribution in [1.29, 1.82) is 0 Å². The minimum absolute atomic E-state index is 0.0596. The highest BCUT2D eigenvalue weighted by Gasteiger charge is 2.33. The Morgan fingerprint density at radius 1 is 1.47 bits per heavy atom. The molecule has 1 aliphatic rings. The van der Waals surface area contributed by atoms with E-state index in [9.17, 15) is 4.79 Å². The number of amides is 1. The molecule has 4 nitrogen and oxygen atoms in total. The van der Waals surface area contributed by atoms with Gasteiger partial charge in [0.2, 0.25) is 0 Å². The first-order valence-electron chi connectivity index (χ1n) is 6.67. The maximum atomic E-state index is 11.7. The summed E-state index contributed by atoms with van der Waals surface area (Å²) in [5.41, 5.74) is 1.30. The lowest BCUT2D eigenvalue weighted by Gasteiger charge is -2.37. The van der Waals surface area contributed by atoms with Crippen molar-refractivity contribution in [1.82, 2.24) is 5.32 Å². The Morgan fingerprint density at radius 2 is 2.26 bits per heavy atom. The van der Waals surface area contributed by atoms with Crippen LogP contribution in [-0.2, 0) is 16.0 Å². The number of benzene rings is 1. The quantitative estimate of drug-likeness (QED) is 0.851. The van der Waals surface area contributed by atoms with Crippen molar-refractivity contribution in [2.75, 3.05) is 26.4 Å².